The van der Waals surface area contributed by atoms with Crippen molar-refractivity contribution < 1.29 is 5.11 Å². The lowest BCUT2D eigenvalue weighted by Crippen LogP contribution is -2.37. The van der Waals surface area contributed by atoms with Gasteiger partial charge in [-0.2, -0.15) is 5.10 Å². The molecular formula is C11H20ClN3O. The maximum Gasteiger partial charge on any atom is 0.0814 e. The molecule has 92 valence electrons. The maximum absolute atomic E-state index is 10.0. The minimum Gasteiger partial charge on any atom is -0.389 e. The van der Waals surface area contributed by atoms with E-state index < -0.39 is 5.60 Å². The molecule has 1 rings (SSSR count). The summed E-state index contributed by atoms with van der Waals surface area (Å²) >= 11 is 5.90. The van der Waals surface area contributed by atoms with Gasteiger partial charge in [0.1, 0.15) is 0 Å². The van der Waals surface area contributed by atoms with Crippen molar-refractivity contribution >= 4 is 11.6 Å². The lowest BCUT2D eigenvalue weighted by molar-refractivity contribution is 0.0331. The van der Waals surface area contributed by atoms with Gasteiger partial charge in [0.05, 0.1) is 22.5 Å². The molecule has 0 fully saturated rings. The lowest BCUT2D eigenvalue weighted by Gasteiger charge is -2.24. The first-order valence-electron chi connectivity index (χ1n) is 5.63. The van der Waals surface area contributed by atoms with Crippen LogP contribution >= 0.6 is 11.6 Å². The number of hydrogen-bond donors (Lipinski definition) is 2. The van der Waals surface area contributed by atoms with E-state index in [0.717, 1.165) is 18.7 Å². The molecule has 0 saturated carbocycles. The summed E-state index contributed by atoms with van der Waals surface area (Å²) in [6, 6.07) is 0. The Morgan fingerprint density at radius 2 is 2.31 bits per heavy atom. The van der Waals surface area contributed by atoms with Gasteiger partial charge in [0.15, 0.2) is 0 Å². The van der Waals surface area contributed by atoms with Crippen molar-refractivity contribution in [2.75, 3.05) is 6.54 Å². The fourth-order valence-electron chi connectivity index (χ4n) is 1.63. The molecule has 1 unspecified atom stereocenters. The number of nitrogens with zero attached hydrogens (tertiary/aromatic N) is 2. The largest absolute Gasteiger partial charge is 0.389 e. The van der Waals surface area contributed by atoms with E-state index in [9.17, 15) is 5.11 Å². The molecule has 0 aliphatic heterocycles. The molecule has 0 spiro atoms. The van der Waals surface area contributed by atoms with Crippen LogP contribution in [0.3, 0.4) is 0 Å². The van der Waals surface area contributed by atoms with Gasteiger partial charge in [0, 0.05) is 13.1 Å². The predicted molar refractivity (Wildman–Crippen MR) is 65.5 cm³/mol. The summed E-state index contributed by atoms with van der Waals surface area (Å²) < 4.78 is 1.86. The van der Waals surface area contributed by atoms with Crippen molar-refractivity contribution in [3.8, 4) is 0 Å². The fourth-order valence-corrected chi connectivity index (χ4v) is 1.77. The van der Waals surface area contributed by atoms with Crippen LogP contribution in [0.5, 0.6) is 0 Å². The highest BCUT2D eigenvalue weighted by atomic mass is 35.5. The Kier molecular flexibility index (Phi) is 4.77. The van der Waals surface area contributed by atoms with E-state index >= 15 is 0 Å². The first-order valence-corrected chi connectivity index (χ1v) is 6.00. The molecule has 1 atom stereocenters. The summed E-state index contributed by atoms with van der Waals surface area (Å²) in [5, 5.41) is 14.8. The van der Waals surface area contributed by atoms with E-state index in [2.05, 4.69) is 5.10 Å². The van der Waals surface area contributed by atoms with Crippen LogP contribution < -0.4 is 5.73 Å². The summed E-state index contributed by atoms with van der Waals surface area (Å²) in [5.74, 6) is 0. The van der Waals surface area contributed by atoms with Gasteiger partial charge in [-0.1, -0.05) is 18.5 Å². The molecule has 0 aliphatic carbocycles. The van der Waals surface area contributed by atoms with Crippen LogP contribution in [0.25, 0.3) is 0 Å². The van der Waals surface area contributed by atoms with Crippen LogP contribution in [-0.4, -0.2) is 27.0 Å². The number of aliphatic hydroxyl groups is 1. The summed E-state index contributed by atoms with van der Waals surface area (Å²) in [7, 11) is 0. The van der Waals surface area contributed by atoms with Gasteiger partial charge in [-0.25, -0.2) is 0 Å². The Labute approximate surface area is 101 Å². The van der Waals surface area contributed by atoms with Crippen LogP contribution in [-0.2, 0) is 6.54 Å². The third-order valence-electron chi connectivity index (χ3n) is 3.09. The molecule has 0 radical (unpaired) electrons. The molecule has 1 aromatic heterocycles. The second-order valence-corrected chi connectivity index (χ2v) is 4.59. The summed E-state index contributed by atoms with van der Waals surface area (Å²) in [6.07, 6.45) is 3.87. The van der Waals surface area contributed by atoms with Crippen molar-refractivity contribution in [3.63, 3.8) is 0 Å². The Morgan fingerprint density at radius 3 is 2.75 bits per heavy atom. The number of rotatable bonds is 6. The predicted octanol–water partition coefficient (Wildman–Crippen LogP) is 1.72. The molecule has 1 aromatic rings. The van der Waals surface area contributed by atoms with Gasteiger partial charge in [0.25, 0.3) is 0 Å². The Balaban J connectivity index is 2.44. The zero-order valence-electron chi connectivity index (χ0n) is 9.91. The molecule has 4 nitrogen and oxygen atoms in total. The van der Waals surface area contributed by atoms with E-state index in [0.29, 0.717) is 24.4 Å². The molecule has 0 aromatic carbocycles. The number of aryl methyl sites for hydroxylation is 1. The van der Waals surface area contributed by atoms with E-state index in [-0.39, 0.29) is 0 Å². The molecule has 0 amide bonds. The van der Waals surface area contributed by atoms with Crippen LogP contribution in [0, 0.1) is 6.92 Å². The average molecular weight is 246 g/mol. The monoisotopic (exact) mass is 245 g/mol. The van der Waals surface area contributed by atoms with Crippen molar-refractivity contribution in [1.82, 2.24) is 9.78 Å². The molecule has 16 heavy (non-hydrogen) atoms. The second-order valence-electron chi connectivity index (χ2n) is 4.19. The van der Waals surface area contributed by atoms with Crippen molar-refractivity contribution in [2.24, 2.45) is 5.73 Å². The SMILES string of the molecule is CCC(O)(CN)CCCn1ncc(Cl)c1C. The van der Waals surface area contributed by atoms with Gasteiger partial charge in [-0.15, -0.1) is 0 Å². The third kappa shape index (κ3) is 3.20. The smallest absolute Gasteiger partial charge is 0.0814 e. The molecule has 0 saturated heterocycles. The molecule has 0 bridgehead atoms. The Bertz CT molecular complexity index is 334. The molecule has 3 N–H and O–H groups in total. The van der Waals surface area contributed by atoms with Crippen LogP contribution in [0.1, 0.15) is 31.9 Å². The summed E-state index contributed by atoms with van der Waals surface area (Å²) in [5.41, 5.74) is 5.77. The average Bonchev–Trinajstić information content (AvgIpc) is 2.60. The highest BCUT2D eigenvalue weighted by molar-refractivity contribution is 6.31. The number of hydrogen-bond acceptors (Lipinski definition) is 3. The highest BCUT2D eigenvalue weighted by Gasteiger charge is 2.21. The van der Waals surface area contributed by atoms with Crippen LogP contribution in [0.4, 0.5) is 0 Å². The summed E-state index contributed by atoms with van der Waals surface area (Å²) in [6.45, 7) is 4.95. The minimum atomic E-state index is -0.731. The third-order valence-corrected chi connectivity index (χ3v) is 3.46. The van der Waals surface area contributed by atoms with Gasteiger partial charge in [-0.3, -0.25) is 4.68 Å². The fraction of sp³-hybridized carbons (Fsp3) is 0.727. The minimum absolute atomic E-state index is 0.308. The first kappa shape index (κ1) is 13.5. The highest BCUT2D eigenvalue weighted by Crippen LogP contribution is 2.18. The van der Waals surface area contributed by atoms with E-state index in [1.165, 1.54) is 0 Å². The molecular weight excluding hydrogens is 226 g/mol. The Hall–Kier alpha value is -0.580. The molecule has 0 aliphatic rings. The Morgan fingerprint density at radius 1 is 1.62 bits per heavy atom. The molecule has 5 heteroatoms. The summed E-state index contributed by atoms with van der Waals surface area (Å²) in [4.78, 5) is 0. The van der Waals surface area contributed by atoms with Crippen molar-refractivity contribution in [2.45, 2.75) is 45.3 Å². The van der Waals surface area contributed by atoms with E-state index in [4.69, 9.17) is 17.3 Å². The maximum atomic E-state index is 10.0. The van der Waals surface area contributed by atoms with Gasteiger partial charge < -0.3 is 10.8 Å². The topological polar surface area (TPSA) is 64.1 Å². The number of nitrogens with two attached hydrogens (primary N) is 1. The van der Waals surface area contributed by atoms with Crippen molar-refractivity contribution in [3.05, 3.63) is 16.9 Å². The normalized spacial score (nSPS) is 15.1. The lowest BCUT2D eigenvalue weighted by atomic mass is 9.95. The number of halogens is 1. The zero-order chi connectivity index (χ0) is 12.2. The van der Waals surface area contributed by atoms with Gasteiger partial charge in [-0.05, 0) is 26.2 Å². The van der Waals surface area contributed by atoms with Gasteiger partial charge >= 0.3 is 0 Å². The van der Waals surface area contributed by atoms with E-state index in [1.807, 2.05) is 18.5 Å². The van der Waals surface area contributed by atoms with Crippen LogP contribution in [0.2, 0.25) is 5.02 Å². The van der Waals surface area contributed by atoms with Gasteiger partial charge in [0.2, 0.25) is 0 Å². The zero-order valence-corrected chi connectivity index (χ0v) is 10.7. The second kappa shape index (κ2) is 5.66. The quantitative estimate of drug-likeness (QED) is 0.802. The van der Waals surface area contributed by atoms with E-state index in [1.54, 1.807) is 6.20 Å². The number of aromatic nitrogens is 2. The standard InChI is InChI=1S/C11H20ClN3O/c1-3-11(16,8-13)5-4-6-15-9(2)10(12)7-14-15/h7,16H,3-6,8,13H2,1-2H3. The first-order chi connectivity index (χ1) is 7.52. The molecule has 1 heterocycles. The van der Waals surface area contributed by atoms with Crippen LogP contribution in [0.15, 0.2) is 6.20 Å². The van der Waals surface area contributed by atoms with Crippen molar-refractivity contribution in [1.29, 1.82) is 0 Å².